The average Bonchev–Trinajstić information content (AvgIpc) is 3.39. The molecule has 0 bridgehead atoms. The first-order valence-electron chi connectivity index (χ1n) is 10.6. The summed E-state index contributed by atoms with van der Waals surface area (Å²) in [5.74, 6) is 1.06. The molecule has 9 heteroatoms. The number of aromatic amines is 1. The Kier molecular flexibility index (Phi) is 5.99. The first-order valence-corrected chi connectivity index (χ1v) is 12.3. The van der Waals surface area contributed by atoms with Gasteiger partial charge in [0.05, 0.1) is 17.0 Å². The summed E-state index contributed by atoms with van der Waals surface area (Å²) in [6.45, 7) is 4.03. The number of nitrogens with one attached hydrogen (secondary N) is 1. The van der Waals surface area contributed by atoms with Crippen molar-refractivity contribution in [1.82, 2.24) is 29.8 Å². The van der Waals surface area contributed by atoms with Gasteiger partial charge in [-0.15, -0.1) is 5.10 Å². The van der Waals surface area contributed by atoms with Gasteiger partial charge < -0.3 is 0 Å². The Balaban J connectivity index is 1.45. The Labute approximate surface area is 203 Å². The smallest absolute Gasteiger partial charge is 0.192 e. The minimum Gasteiger partial charge on any atom is -0.293 e. The number of fused-ring (bicyclic) bond motifs is 3. The normalized spacial score (nSPS) is 11.5. The lowest BCUT2D eigenvalue weighted by Gasteiger charge is -2.06. The molecule has 0 saturated carbocycles. The van der Waals surface area contributed by atoms with Gasteiger partial charge in [-0.1, -0.05) is 52.0 Å². The molecule has 3 aromatic heterocycles. The summed E-state index contributed by atoms with van der Waals surface area (Å²) < 4.78 is 2.72. The second kappa shape index (κ2) is 9.07. The number of hydrogen-bond donors (Lipinski definition) is 1. The molecule has 33 heavy (non-hydrogen) atoms. The van der Waals surface area contributed by atoms with Gasteiger partial charge in [0.25, 0.3) is 0 Å². The quantitative estimate of drug-likeness (QED) is 0.181. The van der Waals surface area contributed by atoms with E-state index < -0.39 is 0 Å². The minimum absolute atomic E-state index is 0.0434. The fourth-order valence-corrected chi connectivity index (χ4v) is 4.90. The summed E-state index contributed by atoms with van der Waals surface area (Å²) >= 11 is 4.78. The van der Waals surface area contributed by atoms with E-state index in [1.165, 1.54) is 17.3 Å². The van der Waals surface area contributed by atoms with Gasteiger partial charge in [0.1, 0.15) is 0 Å². The maximum Gasteiger partial charge on any atom is 0.192 e. The zero-order chi connectivity index (χ0) is 22.9. The van der Waals surface area contributed by atoms with Crippen molar-refractivity contribution in [3.05, 3.63) is 81.3 Å². The number of aryl methyl sites for hydroxylation is 3. The summed E-state index contributed by atoms with van der Waals surface area (Å²) in [5.41, 5.74) is 5.55. The topological polar surface area (TPSA) is 88.8 Å². The van der Waals surface area contributed by atoms with Crippen molar-refractivity contribution in [3.63, 3.8) is 0 Å². The molecule has 0 amide bonds. The lowest BCUT2D eigenvalue weighted by molar-refractivity contribution is 0.102. The summed E-state index contributed by atoms with van der Waals surface area (Å²) in [4.78, 5) is 22.3. The number of thioether (sulfide) groups is 1. The number of carbonyl (C=O) groups excluding carboxylic acids is 1. The summed E-state index contributed by atoms with van der Waals surface area (Å²) in [6.07, 6.45) is 1.50. The lowest BCUT2D eigenvalue weighted by atomic mass is 10.1. The molecule has 1 N–H and O–H groups in total. The molecule has 7 nitrogen and oxygen atoms in total. The van der Waals surface area contributed by atoms with Crippen LogP contribution in [0.4, 0.5) is 0 Å². The molecular formula is C24H21BrN6OS. The van der Waals surface area contributed by atoms with E-state index >= 15 is 0 Å². The lowest BCUT2D eigenvalue weighted by Crippen LogP contribution is -2.05. The molecule has 0 spiro atoms. The summed E-state index contributed by atoms with van der Waals surface area (Å²) in [5, 5.41) is 13.7. The third-order valence-electron chi connectivity index (χ3n) is 5.57. The Morgan fingerprint density at radius 1 is 1.06 bits per heavy atom. The summed E-state index contributed by atoms with van der Waals surface area (Å²) in [6, 6.07) is 15.3. The van der Waals surface area contributed by atoms with Crippen molar-refractivity contribution in [1.29, 1.82) is 0 Å². The predicted molar refractivity (Wildman–Crippen MR) is 133 cm³/mol. The second-order valence-electron chi connectivity index (χ2n) is 7.81. The van der Waals surface area contributed by atoms with Gasteiger partial charge in [-0.05, 0) is 50.1 Å². The van der Waals surface area contributed by atoms with E-state index in [0.717, 1.165) is 44.7 Å². The number of nitrogens with zero attached hydrogens (tertiary/aromatic N) is 5. The average molecular weight is 521 g/mol. The van der Waals surface area contributed by atoms with Gasteiger partial charge in [-0.2, -0.15) is 9.61 Å². The van der Waals surface area contributed by atoms with Crippen LogP contribution in [0.25, 0.3) is 16.6 Å². The number of aromatic nitrogens is 6. The third-order valence-corrected chi connectivity index (χ3v) is 7.03. The largest absolute Gasteiger partial charge is 0.293 e. The van der Waals surface area contributed by atoms with Crippen LogP contribution in [0.1, 0.15) is 33.1 Å². The van der Waals surface area contributed by atoms with E-state index in [2.05, 4.69) is 26.1 Å². The van der Waals surface area contributed by atoms with Gasteiger partial charge in [-0.25, -0.2) is 9.97 Å². The first-order chi connectivity index (χ1) is 16.0. The number of Topliss-reactive ketones (excluding diaryl/α,β-unsaturated/α-hetero) is 1. The van der Waals surface area contributed by atoms with E-state index in [9.17, 15) is 4.79 Å². The van der Waals surface area contributed by atoms with Crippen LogP contribution < -0.4 is 0 Å². The van der Waals surface area contributed by atoms with Crippen LogP contribution in [0.15, 0.2) is 58.2 Å². The number of ketones is 1. The molecule has 0 radical (unpaired) electrons. The van der Waals surface area contributed by atoms with Gasteiger partial charge in [0, 0.05) is 27.5 Å². The van der Waals surface area contributed by atoms with Crippen LogP contribution in [0.5, 0.6) is 0 Å². The highest BCUT2D eigenvalue weighted by atomic mass is 79.9. The van der Waals surface area contributed by atoms with Gasteiger partial charge >= 0.3 is 0 Å². The fourth-order valence-electron chi connectivity index (χ4n) is 3.80. The number of H-pyrrole nitrogens is 1. The standard InChI is InChI=1S/C24H21BrN6OS/c1-14-18(15(2)29-28-14)11-12-22-27-23-19-5-3-4-6-20(19)26-24(31(23)30-22)33-13-21(32)16-7-9-17(25)10-8-16/h3-10H,11-13H2,1-2H3,(H,28,29). The van der Waals surface area contributed by atoms with Crippen molar-refractivity contribution in [3.8, 4) is 0 Å². The maximum absolute atomic E-state index is 12.7. The highest BCUT2D eigenvalue weighted by molar-refractivity contribution is 9.10. The maximum atomic E-state index is 12.7. The number of para-hydroxylation sites is 1. The van der Waals surface area contributed by atoms with E-state index in [1.807, 2.05) is 62.4 Å². The van der Waals surface area contributed by atoms with E-state index in [4.69, 9.17) is 15.1 Å². The number of benzene rings is 2. The predicted octanol–water partition coefficient (Wildman–Crippen LogP) is 5.14. The van der Waals surface area contributed by atoms with Crippen LogP contribution in [0.2, 0.25) is 0 Å². The Morgan fingerprint density at radius 2 is 1.85 bits per heavy atom. The number of carbonyl (C=O) groups is 1. The van der Waals surface area contributed by atoms with Crippen LogP contribution >= 0.6 is 27.7 Å². The highest BCUT2D eigenvalue weighted by Crippen LogP contribution is 2.25. The zero-order valence-corrected chi connectivity index (χ0v) is 20.6. The van der Waals surface area contributed by atoms with E-state index in [0.29, 0.717) is 17.1 Å². The number of halogens is 1. The van der Waals surface area contributed by atoms with Crippen molar-refractivity contribution < 1.29 is 4.79 Å². The van der Waals surface area contributed by atoms with Crippen molar-refractivity contribution in [2.24, 2.45) is 0 Å². The molecule has 0 aliphatic heterocycles. The Morgan fingerprint density at radius 3 is 2.61 bits per heavy atom. The van der Waals surface area contributed by atoms with Crippen LogP contribution in [0.3, 0.4) is 0 Å². The monoisotopic (exact) mass is 520 g/mol. The van der Waals surface area contributed by atoms with Crippen molar-refractivity contribution in [2.75, 3.05) is 5.75 Å². The molecule has 5 rings (SSSR count). The Bertz CT molecular complexity index is 1450. The molecule has 2 aromatic carbocycles. The van der Waals surface area contributed by atoms with Crippen molar-refractivity contribution in [2.45, 2.75) is 31.8 Å². The van der Waals surface area contributed by atoms with Crippen LogP contribution in [-0.4, -0.2) is 41.3 Å². The molecule has 0 fully saturated rings. The molecular weight excluding hydrogens is 500 g/mol. The molecule has 0 aliphatic rings. The molecule has 0 unspecified atom stereocenters. The molecule has 0 atom stereocenters. The summed E-state index contributed by atoms with van der Waals surface area (Å²) in [7, 11) is 0. The highest BCUT2D eigenvalue weighted by Gasteiger charge is 2.16. The Hall–Kier alpha value is -3.04. The molecule has 166 valence electrons. The molecule has 3 heterocycles. The number of hydrogen-bond acceptors (Lipinski definition) is 6. The fraction of sp³-hybridized carbons (Fsp3) is 0.208. The third kappa shape index (κ3) is 4.43. The van der Waals surface area contributed by atoms with Crippen molar-refractivity contribution >= 4 is 50.0 Å². The molecule has 0 aliphatic carbocycles. The zero-order valence-electron chi connectivity index (χ0n) is 18.2. The molecule has 0 saturated heterocycles. The van der Waals surface area contributed by atoms with E-state index in [1.54, 1.807) is 4.52 Å². The van der Waals surface area contributed by atoms with Crippen LogP contribution in [0, 0.1) is 13.8 Å². The SMILES string of the molecule is Cc1n[nH]c(C)c1CCc1nc2c3ccccc3nc(SCC(=O)c3ccc(Br)cc3)n2n1. The first kappa shape index (κ1) is 21.8. The van der Waals surface area contributed by atoms with Gasteiger partial charge in [0.2, 0.25) is 0 Å². The minimum atomic E-state index is 0.0434. The van der Waals surface area contributed by atoms with E-state index in [-0.39, 0.29) is 11.5 Å². The molecule has 5 aromatic rings. The van der Waals surface area contributed by atoms with Crippen LogP contribution in [-0.2, 0) is 12.8 Å². The second-order valence-corrected chi connectivity index (χ2v) is 9.66. The van der Waals surface area contributed by atoms with Gasteiger partial charge in [-0.3, -0.25) is 9.89 Å². The van der Waals surface area contributed by atoms with Gasteiger partial charge in [0.15, 0.2) is 22.4 Å². The number of rotatable bonds is 7.